The quantitative estimate of drug-likeness (QED) is 0.862. The summed E-state index contributed by atoms with van der Waals surface area (Å²) in [6.45, 7) is 2.87. The van der Waals surface area contributed by atoms with E-state index in [-0.39, 0.29) is 24.7 Å². The lowest BCUT2D eigenvalue weighted by molar-refractivity contribution is -0.185. The maximum atomic E-state index is 14.2. The van der Waals surface area contributed by atoms with Crippen LogP contribution >= 0.6 is 0 Å². The molecule has 2 aliphatic rings. The van der Waals surface area contributed by atoms with Crippen LogP contribution in [0.2, 0.25) is 0 Å². The van der Waals surface area contributed by atoms with E-state index in [1.165, 1.54) is 12.0 Å². The first-order chi connectivity index (χ1) is 13.5. The van der Waals surface area contributed by atoms with Crippen LogP contribution < -0.4 is 15.0 Å². The number of methoxy groups -OCH3 is 1. The van der Waals surface area contributed by atoms with Gasteiger partial charge in [-0.2, -0.15) is 23.1 Å². The van der Waals surface area contributed by atoms with Gasteiger partial charge >= 0.3 is 12.2 Å². The minimum atomic E-state index is -4.43. The molecule has 0 amide bonds. The second-order valence-electron chi connectivity index (χ2n) is 6.97. The van der Waals surface area contributed by atoms with E-state index in [2.05, 4.69) is 15.3 Å². The molecule has 6 nitrogen and oxygen atoms in total. The zero-order valence-corrected chi connectivity index (χ0v) is 15.5. The number of piperazine rings is 1. The lowest BCUT2D eigenvalue weighted by Crippen LogP contribution is -2.45. The van der Waals surface area contributed by atoms with Gasteiger partial charge in [0.05, 0.1) is 12.8 Å². The fraction of sp³-hybridized carbons (Fsp3) is 0.474. The number of nitrogens with zero attached hydrogens (tertiary/aromatic N) is 4. The van der Waals surface area contributed by atoms with Crippen LogP contribution in [0.15, 0.2) is 30.3 Å². The number of benzene rings is 1. The van der Waals surface area contributed by atoms with E-state index < -0.39 is 12.2 Å². The highest BCUT2D eigenvalue weighted by molar-refractivity contribution is 5.54. The normalized spacial score (nSPS) is 20.3. The van der Waals surface area contributed by atoms with Gasteiger partial charge < -0.3 is 15.0 Å². The van der Waals surface area contributed by atoms with Crippen molar-refractivity contribution >= 4 is 5.82 Å². The van der Waals surface area contributed by atoms with Crippen molar-refractivity contribution in [3.63, 3.8) is 0 Å². The number of fused-ring (bicyclic) bond motifs is 1. The number of aromatic nitrogens is 2. The molecule has 1 atom stereocenters. The molecule has 1 unspecified atom stereocenters. The van der Waals surface area contributed by atoms with E-state index in [0.717, 1.165) is 5.56 Å². The number of halogens is 3. The third-order valence-electron chi connectivity index (χ3n) is 5.11. The molecule has 2 aromatic rings. The van der Waals surface area contributed by atoms with E-state index in [1.54, 1.807) is 0 Å². The van der Waals surface area contributed by atoms with Crippen molar-refractivity contribution in [3.8, 4) is 6.01 Å². The van der Waals surface area contributed by atoms with E-state index in [1.807, 2.05) is 35.2 Å². The Morgan fingerprint density at radius 3 is 2.50 bits per heavy atom. The van der Waals surface area contributed by atoms with Gasteiger partial charge in [0.2, 0.25) is 0 Å². The Kier molecular flexibility index (Phi) is 5.11. The van der Waals surface area contributed by atoms with Crippen molar-refractivity contribution in [1.82, 2.24) is 20.2 Å². The summed E-state index contributed by atoms with van der Waals surface area (Å²) in [4.78, 5) is 11.9. The molecule has 1 N–H and O–H groups in total. The summed E-state index contributed by atoms with van der Waals surface area (Å²) in [6, 6.07) is 7.54. The molecule has 150 valence electrons. The summed E-state index contributed by atoms with van der Waals surface area (Å²) < 4.78 is 47.7. The molecule has 1 aromatic carbocycles. The van der Waals surface area contributed by atoms with Crippen molar-refractivity contribution < 1.29 is 17.9 Å². The molecule has 1 saturated heterocycles. The fourth-order valence-electron chi connectivity index (χ4n) is 3.89. The summed E-state index contributed by atoms with van der Waals surface area (Å²) >= 11 is 0. The van der Waals surface area contributed by atoms with E-state index in [9.17, 15) is 13.2 Å². The number of ether oxygens (including phenoxy) is 1. The molecule has 0 aliphatic carbocycles. The zero-order valence-electron chi connectivity index (χ0n) is 15.5. The van der Waals surface area contributed by atoms with Crippen LogP contribution in [-0.2, 0) is 13.1 Å². The molecule has 4 rings (SSSR count). The standard InChI is InChI=1S/C19H22F3N5O/c1-28-18-24-14-12-27(11-13-5-3-2-4-6-13)16(19(20,21)22)15(14)17(25-18)26-9-7-23-8-10-26/h2-6,16,23H,7-12H2,1H3. The Morgan fingerprint density at radius 1 is 1.14 bits per heavy atom. The van der Waals surface area contributed by atoms with Crippen molar-refractivity contribution in [1.29, 1.82) is 0 Å². The Labute approximate surface area is 161 Å². The first-order valence-electron chi connectivity index (χ1n) is 9.22. The summed E-state index contributed by atoms with van der Waals surface area (Å²) in [5.74, 6) is 0.334. The van der Waals surface area contributed by atoms with Gasteiger partial charge in [0.15, 0.2) is 0 Å². The second-order valence-corrected chi connectivity index (χ2v) is 6.97. The highest BCUT2D eigenvalue weighted by Gasteiger charge is 2.52. The van der Waals surface area contributed by atoms with Crippen LogP contribution in [-0.4, -0.2) is 54.3 Å². The van der Waals surface area contributed by atoms with Crippen LogP contribution in [0.5, 0.6) is 6.01 Å². The Hall–Kier alpha value is -2.39. The molecule has 2 aliphatic heterocycles. The van der Waals surface area contributed by atoms with Gasteiger partial charge in [-0.15, -0.1) is 0 Å². The summed E-state index contributed by atoms with van der Waals surface area (Å²) in [5.41, 5.74) is 1.37. The number of nitrogens with one attached hydrogen (secondary N) is 1. The summed E-state index contributed by atoms with van der Waals surface area (Å²) in [5, 5.41) is 3.21. The molecule has 0 spiro atoms. The second kappa shape index (κ2) is 7.56. The number of hydrogen-bond acceptors (Lipinski definition) is 6. The monoisotopic (exact) mass is 393 g/mol. The number of alkyl halides is 3. The summed E-state index contributed by atoms with van der Waals surface area (Å²) in [7, 11) is 1.43. The van der Waals surface area contributed by atoms with Crippen LogP contribution in [0.25, 0.3) is 0 Å². The summed E-state index contributed by atoms with van der Waals surface area (Å²) in [6.07, 6.45) is -4.43. The first-order valence-corrected chi connectivity index (χ1v) is 9.22. The maximum absolute atomic E-state index is 14.2. The predicted molar refractivity (Wildman–Crippen MR) is 98.2 cm³/mol. The van der Waals surface area contributed by atoms with Crippen molar-refractivity contribution in [2.75, 3.05) is 38.2 Å². The lowest BCUT2D eigenvalue weighted by Gasteiger charge is -2.32. The van der Waals surface area contributed by atoms with Gasteiger partial charge in [-0.3, -0.25) is 4.90 Å². The molecule has 9 heteroatoms. The van der Waals surface area contributed by atoms with Crippen molar-refractivity contribution in [3.05, 3.63) is 47.2 Å². The molecule has 28 heavy (non-hydrogen) atoms. The molecule has 0 bridgehead atoms. The van der Waals surface area contributed by atoms with E-state index in [0.29, 0.717) is 37.7 Å². The largest absolute Gasteiger partial charge is 0.467 e. The minimum Gasteiger partial charge on any atom is -0.467 e. The first kappa shape index (κ1) is 18.9. The smallest absolute Gasteiger partial charge is 0.408 e. The van der Waals surface area contributed by atoms with Gasteiger partial charge in [-0.25, -0.2) is 0 Å². The number of anilines is 1. The topological polar surface area (TPSA) is 53.5 Å². The Balaban J connectivity index is 1.77. The van der Waals surface area contributed by atoms with Gasteiger partial charge in [0.25, 0.3) is 0 Å². The van der Waals surface area contributed by atoms with Gasteiger partial charge in [0, 0.05) is 44.8 Å². The van der Waals surface area contributed by atoms with E-state index >= 15 is 0 Å². The molecule has 1 fully saturated rings. The van der Waals surface area contributed by atoms with Crippen molar-refractivity contribution in [2.24, 2.45) is 0 Å². The molecule has 3 heterocycles. The highest BCUT2D eigenvalue weighted by atomic mass is 19.4. The zero-order chi connectivity index (χ0) is 19.7. The number of hydrogen-bond donors (Lipinski definition) is 1. The molecule has 0 radical (unpaired) electrons. The predicted octanol–water partition coefficient (Wildman–Crippen LogP) is 2.51. The Bertz CT molecular complexity index is 824. The third-order valence-corrected chi connectivity index (χ3v) is 5.11. The molecular formula is C19H22F3N5O. The fourth-order valence-corrected chi connectivity index (χ4v) is 3.89. The van der Waals surface area contributed by atoms with Crippen LogP contribution in [0.3, 0.4) is 0 Å². The van der Waals surface area contributed by atoms with Crippen LogP contribution in [0.4, 0.5) is 19.0 Å². The van der Waals surface area contributed by atoms with Crippen LogP contribution in [0, 0.1) is 0 Å². The van der Waals surface area contributed by atoms with E-state index in [4.69, 9.17) is 4.74 Å². The number of rotatable bonds is 4. The van der Waals surface area contributed by atoms with Crippen LogP contribution in [0.1, 0.15) is 22.9 Å². The molecule has 1 aromatic heterocycles. The average molecular weight is 393 g/mol. The lowest BCUT2D eigenvalue weighted by atomic mass is 10.1. The Morgan fingerprint density at radius 2 is 1.86 bits per heavy atom. The molecule has 0 saturated carbocycles. The SMILES string of the molecule is COc1nc2c(c(N3CCNCC3)n1)C(C(F)(F)F)N(Cc1ccccc1)C2. The third kappa shape index (κ3) is 3.64. The minimum absolute atomic E-state index is 0.104. The van der Waals surface area contributed by atoms with Gasteiger partial charge in [-0.1, -0.05) is 30.3 Å². The highest BCUT2D eigenvalue weighted by Crippen LogP contribution is 2.48. The maximum Gasteiger partial charge on any atom is 0.408 e. The van der Waals surface area contributed by atoms with Gasteiger partial charge in [0.1, 0.15) is 11.9 Å². The molecular weight excluding hydrogens is 371 g/mol. The van der Waals surface area contributed by atoms with Crippen molar-refractivity contribution in [2.45, 2.75) is 25.3 Å². The van der Waals surface area contributed by atoms with Gasteiger partial charge in [-0.05, 0) is 5.56 Å². The average Bonchev–Trinajstić information content (AvgIpc) is 3.06.